The van der Waals surface area contributed by atoms with Gasteiger partial charge in [-0.15, -0.1) is 23.7 Å². The van der Waals surface area contributed by atoms with Crippen molar-refractivity contribution < 1.29 is 18.3 Å². The van der Waals surface area contributed by atoms with Gasteiger partial charge in [-0.3, -0.25) is 4.79 Å². The van der Waals surface area contributed by atoms with Gasteiger partial charge in [-0.25, -0.2) is 0 Å². The predicted octanol–water partition coefficient (Wildman–Crippen LogP) is 2.90. The quantitative estimate of drug-likeness (QED) is 0.916. The van der Waals surface area contributed by atoms with Gasteiger partial charge >= 0.3 is 6.61 Å². The molecule has 1 amide bonds. The van der Waals surface area contributed by atoms with Crippen LogP contribution in [-0.4, -0.2) is 43.6 Å². The van der Waals surface area contributed by atoms with Gasteiger partial charge in [0.2, 0.25) is 0 Å². The van der Waals surface area contributed by atoms with E-state index in [2.05, 4.69) is 10.1 Å². The van der Waals surface area contributed by atoms with Crippen molar-refractivity contribution in [3.05, 3.63) is 15.8 Å². The zero-order valence-electron chi connectivity index (χ0n) is 11.9. The van der Waals surface area contributed by atoms with E-state index in [1.165, 1.54) is 17.4 Å². The lowest BCUT2D eigenvalue weighted by Crippen LogP contribution is -2.46. The molecule has 0 spiro atoms. The maximum absolute atomic E-state index is 12.5. The molecular formula is C13H19ClF2N2O2S. The third-order valence-corrected chi connectivity index (χ3v) is 4.37. The number of amides is 1. The van der Waals surface area contributed by atoms with Gasteiger partial charge in [0.25, 0.3) is 5.91 Å². The molecule has 120 valence electrons. The molecule has 1 unspecified atom stereocenters. The predicted molar refractivity (Wildman–Crippen MR) is 80.9 cm³/mol. The van der Waals surface area contributed by atoms with E-state index in [0.29, 0.717) is 13.1 Å². The average molecular weight is 341 g/mol. The van der Waals surface area contributed by atoms with E-state index in [0.717, 1.165) is 17.7 Å². The number of likely N-dealkylation sites (tertiary alicyclic amines) is 1. The Kier molecular flexibility index (Phi) is 6.83. The topological polar surface area (TPSA) is 41.6 Å². The Hall–Kier alpha value is -0.920. The molecule has 1 saturated heterocycles. The first-order chi connectivity index (χ1) is 9.51. The number of alkyl halides is 2. The fourth-order valence-electron chi connectivity index (χ4n) is 2.36. The van der Waals surface area contributed by atoms with Crippen LogP contribution in [0.4, 0.5) is 8.78 Å². The fraction of sp³-hybridized carbons (Fsp3) is 0.615. The summed E-state index contributed by atoms with van der Waals surface area (Å²) in [6.07, 6.45) is 1.93. The van der Waals surface area contributed by atoms with E-state index >= 15 is 0 Å². The number of hydrogen-bond donors (Lipinski definition) is 1. The molecule has 2 rings (SSSR count). The summed E-state index contributed by atoms with van der Waals surface area (Å²) in [5.41, 5.74) is 0. The Balaban J connectivity index is 0.00000220. The van der Waals surface area contributed by atoms with Crippen LogP contribution in [0.15, 0.2) is 6.07 Å². The first-order valence-electron chi connectivity index (χ1n) is 6.53. The number of rotatable bonds is 4. The van der Waals surface area contributed by atoms with Crippen LogP contribution in [0.3, 0.4) is 0 Å². The van der Waals surface area contributed by atoms with E-state index in [1.807, 2.05) is 7.05 Å². The molecule has 0 aliphatic carbocycles. The smallest absolute Gasteiger partial charge is 0.387 e. The van der Waals surface area contributed by atoms with Gasteiger partial charge in [-0.05, 0) is 32.9 Å². The van der Waals surface area contributed by atoms with Crippen LogP contribution < -0.4 is 10.1 Å². The minimum absolute atomic E-state index is 0. The largest absolute Gasteiger partial charge is 0.433 e. The number of aryl methyl sites for hydroxylation is 1. The molecule has 1 aromatic heterocycles. The van der Waals surface area contributed by atoms with Crippen molar-refractivity contribution in [1.82, 2.24) is 10.2 Å². The number of carbonyl (C=O) groups excluding carboxylic acids is 1. The highest BCUT2D eigenvalue weighted by Gasteiger charge is 2.27. The Bertz CT molecular complexity index is 485. The molecule has 1 aliphatic rings. The lowest BCUT2D eigenvalue weighted by Gasteiger charge is -2.32. The van der Waals surface area contributed by atoms with E-state index in [-0.39, 0.29) is 35.0 Å². The molecule has 0 saturated carbocycles. The summed E-state index contributed by atoms with van der Waals surface area (Å²) in [6.45, 7) is 0.108. The van der Waals surface area contributed by atoms with Gasteiger partial charge in [0.15, 0.2) is 0 Å². The summed E-state index contributed by atoms with van der Waals surface area (Å²) in [7, 11) is 1.86. The van der Waals surface area contributed by atoms with Crippen molar-refractivity contribution in [1.29, 1.82) is 0 Å². The lowest BCUT2D eigenvalue weighted by atomic mass is 10.1. The Labute approximate surface area is 132 Å². The number of likely N-dealkylation sites (N-methyl/N-ethyl adjacent to an activating group) is 1. The molecule has 4 nitrogen and oxygen atoms in total. The molecule has 1 aromatic rings. The van der Waals surface area contributed by atoms with Gasteiger partial charge in [-0.1, -0.05) is 0 Å². The van der Waals surface area contributed by atoms with Crippen molar-refractivity contribution in [2.45, 2.75) is 32.4 Å². The lowest BCUT2D eigenvalue weighted by molar-refractivity contribution is -0.0499. The molecule has 1 aliphatic heterocycles. The van der Waals surface area contributed by atoms with Crippen molar-refractivity contribution in [2.75, 3.05) is 20.1 Å². The minimum Gasteiger partial charge on any atom is -0.433 e. The Morgan fingerprint density at radius 1 is 1.57 bits per heavy atom. The maximum atomic E-state index is 12.5. The molecule has 8 heteroatoms. The summed E-state index contributed by atoms with van der Waals surface area (Å²) in [5.74, 6) is -0.238. The van der Waals surface area contributed by atoms with E-state index in [1.54, 1.807) is 11.8 Å². The number of piperidine rings is 1. The number of carbonyl (C=O) groups is 1. The number of thiophene rings is 1. The molecule has 1 atom stereocenters. The van der Waals surface area contributed by atoms with Crippen LogP contribution in [0, 0.1) is 6.92 Å². The summed E-state index contributed by atoms with van der Waals surface area (Å²) >= 11 is 1.20. The molecular weight excluding hydrogens is 322 g/mol. The number of nitrogens with zero attached hydrogens (tertiary/aromatic N) is 1. The van der Waals surface area contributed by atoms with Crippen LogP contribution in [0.2, 0.25) is 0 Å². The van der Waals surface area contributed by atoms with E-state index in [4.69, 9.17) is 0 Å². The van der Waals surface area contributed by atoms with Gasteiger partial charge in [-0.2, -0.15) is 8.78 Å². The highest BCUT2D eigenvalue weighted by Crippen LogP contribution is 2.32. The van der Waals surface area contributed by atoms with Gasteiger partial charge < -0.3 is 15.0 Å². The number of hydrogen-bond acceptors (Lipinski definition) is 4. The summed E-state index contributed by atoms with van der Waals surface area (Å²) < 4.78 is 29.2. The van der Waals surface area contributed by atoms with Crippen LogP contribution in [0.5, 0.6) is 5.75 Å². The van der Waals surface area contributed by atoms with Gasteiger partial charge in [0.1, 0.15) is 10.6 Å². The zero-order valence-corrected chi connectivity index (χ0v) is 13.5. The third kappa shape index (κ3) is 4.52. The van der Waals surface area contributed by atoms with Gasteiger partial charge in [0.05, 0.1) is 0 Å². The molecule has 1 N–H and O–H groups in total. The first-order valence-corrected chi connectivity index (χ1v) is 7.34. The first kappa shape index (κ1) is 18.1. The Morgan fingerprint density at radius 3 is 2.90 bits per heavy atom. The molecule has 1 fully saturated rings. The average Bonchev–Trinajstić information content (AvgIpc) is 2.78. The molecule has 0 aromatic carbocycles. The van der Waals surface area contributed by atoms with Crippen molar-refractivity contribution in [3.63, 3.8) is 0 Å². The SMILES string of the molecule is CNC1CCCN(C(=O)c2sc(C)cc2OC(F)F)C1.Cl. The van der Waals surface area contributed by atoms with Crippen LogP contribution in [0.25, 0.3) is 0 Å². The molecule has 0 bridgehead atoms. The van der Waals surface area contributed by atoms with Crippen molar-refractivity contribution >= 4 is 29.7 Å². The third-order valence-electron chi connectivity index (χ3n) is 3.35. The highest BCUT2D eigenvalue weighted by molar-refractivity contribution is 7.14. The summed E-state index contributed by atoms with van der Waals surface area (Å²) in [5, 5.41) is 3.15. The molecule has 2 heterocycles. The second kappa shape index (κ2) is 7.91. The number of halogens is 3. The number of ether oxygens (including phenoxy) is 1. The zero-order chi connectivity index (χ0) is 14.7. The monoisotopic (exact) mass is 340 g/mol. The second-order valence-electron chi connectivity index (χ2n) is 4.81. The summed E-state index contributed by atoms with van der Waals surface area (Å²) in [4.78, 5) is 15.2. The number of nitrogens with one attached hydrogen (secondary N) is 1. The van der Waals surface area contributed by atoms with Crippen LogP contribution in [0.1, 0.15) is 27.4 Å². The molecule has 0 radical (unpaired) electrons. The van der Waals surface area contributed by atoms with Gasteiger partial charge in [0, 0.05) is 24.0 Å². The van der Waals surface area contributed by atoms with Crippen LogP contribution in [-0.2, 0) is 0 Å². The Morgan fingerprint density at radius 2 is 2.29 bits per heavy atom. The highest BCUT2D eigenvalue weighted by atomic mass is 35.5. The van der Waals surface area contributed by atoms with Crippen LogP contribution >= 0.6 is 23.7 Å². The maximum Gasteiger partial charge on any atom is 0.387 e. The standard InChI is InChI=1S/C13H18F2N2O2S.ClH/c1-8-6-10(19-13(14)15)11(20-8)12(18)17-5-3-4-9(7-17)16-2;/h6,9,13,16H,3-5,7H2,1-2H3;1H. The normalized spacial score (nSPS) is 18.5. The van der Waals surface area contributed by atoms with E-state index < -0.39 is 6.61 Å². The van der Waals surface area contributed by atoms with Crippen molar-refractivity contribution in [2.24, 2.45) is 0 Å². The van der Waals surface area contributed by atoms with Crippen molar-refractivity contribution in [3.8, 4) is 5.75 Å². The fourth-order valence-corrected chi connectivity index (χ4v) is 3.28. The molecule has 21 heavy (non-hydrogen) atoms. The second-order valence-corrected chi connectivity index (χ2v) is 6.06. The summed E-state index contributed by atoms with van der Waals surface area (Å²) in [6, 6.07) is 1.75. The minimum atomic E-state index is -2.91. The van der Waals surface area contributed by atoms with E-state index in [9.17, 15) is 13.6 Å².